The largest absolute Gasteiger partial charge is 0.383 e. The molecule has 2 fully saturated rings. The molecule has 1 aromatic carbocycles. The lowest BCUT2D eigenvalue weighted by Gasteiger charge is -2.37. The molecule has 9 nitrogen and oxygen atoms in total. The van der Waals surface area contributed by atoms with Crippen LogP contribution in [0, 0.1) is 18.1 Å². The number of nitrogens with one attached hydrogen (secondary N) is 1. The molecule has 0 saturated carbocycles. The molecule has 0 spiro atoms. The van der Waals surface area contributed by atoms with Gasteiger partial charge < -0.3 is 20.7 Å². The molecule has 10 heteroatoms. The number of carbonyl (C=O) groups excluding carboxylic acids is 2. The van der Waals surface area contributed by atoms with Crippen molar-refractivity contribution >= 4 is 44.9 Å². The number of amides is 2. The van der Waals surface area contributed by atoms with E-state index >= 15 is 0 Å². The molecule has 2 aliphatic heterocycles. The van der Waals surface area contributed by atoms with Gasteiger partial charge in [0.25, 0.3) is 0 Å². The number of pyridine rings is 1. The van der Waals surface area contributed by atoms with Crippen LogP contribution in [-0.4, -0.2) is 71.0 Å². The van der Waals surface area contributed by atoms with Crippen molar-refractivity contribution < 1.29 is 14.3 Å². The second-order valence-electron chi connectivity index (χ2n) is 10.1. The van der Waals surface area contributed by atoms with Gasteiger partial charge in [0.1, 0.15) is 10.5 Å². The average molecular weight is 535 g/mol. The minimum absolute atomic E-state index is 0.251. The lowest BCUT2D eigenvalue weighted by atomic mass is 9.90. The molecular weight excluding hydrogens is 500 g/mol. The Balaban J connectivity index is 1.31. The maximum atomic E-state index is 13.4. The maximum absolute atomic E-state index is 13.4. The van der Waals surface area contributed by atoms with E-state index in [9.17, 15) is 9.59 Å². The number of piperidine rings is 1. The van der Waals surface area contributed by atoms with Crippen molar-refractivity contribution in [2.24, 2.45) is 5.92 Å². The molecule has 2 atom stereocenters. The van der Waals surface area contributed by atoms with Gasteiger partial charge in [-0.05, 0) is 48.9 Å². The summed E-state index contributed by atoms with van der Waals surface area (Å²) in [5.41, 5.74) is 8.88. The first kappa shape index (κ1) is 26.4. The Labute approximate surface area is 227 Å². The minimum atomic E-state index is -0.679. The van der Waals surface area contributed by atoms with Crippen LogP contribution in [0.2, 0.25) is 0 Å². The number of morpholine rings is 1. The molecule has 0 bridgehead atoms. The first-order valence-electron chi connectivity index (χ1n) is 13.3. The molecule has 4 heterocycles. The average Bonchev–Trinajstić information content (AvgIpc) is 3.35. The maximum Gasteiger partial charge on any atom is 0.313 e. The van der Waals surface area contributed by atoms with Crippen LogP contribution in [0.15, 0.2) is 18.3 Å². The van der Waals surface area contributed by atoms with Crippen LogP contribution in [0.3, 0.4) is 0 Å². The van der Waals surface area contributed by atoms with Crippen molar-refractivity contribution in [3.8, 4) is 0 Å². The van der Waals surface area contributed by atoms with Crippen LogP contribution >= 0.6 is 11.3 Å². The van der Waals surface area contributed by atoms with Crippen molar-refractivity contribution in [3.05, 3.63) is 46.6 Å². The van der Waals surface area contributed by atoms with Crippen LogP contribution in [-0.2, 0) is 27.2 Å². The van der Waals surface area contributed by atoms with Gasteiger partial charge in [0, 0.05) is 38.2 Å². The van der Waals surface area contributed by atoms with Crippen LogP contribution in [0.1, 0.15) is 48.9 Å². The summed E-state index contributed by atoms with van der Waals surface area (Å²) in [5.74, 6) is -0.516. The summed E-state index contributed by atoms with van der Waals surface area (Å²) < 4.78 is 6.40. The fourth-order valence-corrected chi connectivity index (χ4v) is 6.01. The Morgan fingerprint density at radius 2 is 2.05 bits per heavy atom. The van der Waals surface area contributed by atoms with E-state index in [1.165, 1.54) is 6.20 Å². The van der Waals surface area contributed by atoms with E-state index in [0.717, 1.165) is 78.5 Å². The van der Waals surface area contributed by atoms with E-state index in [2.05, 4.69) is 34.3 Å². The summed E-state index contributed by atoms with van der Waals surface area (Å²) in [7, 11) is 0. The van der Waals surface area contributed by atoms with E-state index in [1.54, 1.807) is 22.3 Å². The highest BCUT2D eigenvalue weighted by molar-refractivity contribution is 7.18. The first-order chi connectivity index (χ1) is 18.4. The molecule has 2 saturated heterocycles. The van der Waals surface area contributed by atoms with Gasteiger partial charge in [-0.25, -0.2) is 9.97 Å². The van der Waals surface area contributed by atoms with E-state index in [-0.39, 0.29) is 6.04 Å². The Bertz CT molecular complexity index is 1300. The van der Waals surface area contributed by atoms with Gasteiger partial charge in [-0.3, -0.25) is 14.5 Å². The third-order valence-electron chi connectivity index (χ3n) is 7.33. The minimum Gasteiger partial charge on any atom is -0.383 e. The quantitative estimate of drug-likeness (QED) is 0.467. The number of hydrogen-bond donors (Lipinski definition) is 2. The summed E-state index contributed by atoms with van der Waals surface area (Å²) in [6.45, 7) is 9.02. The number of ether oxygens (including phenoxy) is 1. The Hall–Kier alpha value is -3.26. The van der Waals surface area contributed by atoms with Crippen molar-refractivity contribution in [2.75, 3.05) is 50.4 Å². The number of likely N-dealkylation sites (tertiary alicyclic amines) is 1. The molecule has 2 aromatic heterocycles. The van der Waals surface area contributed by atoms with Gasteiger partial charge in [-0.15, -0.1) is 11.3 Å². The lowest BCUT2D eigenvalue weighted by Crippen LogP contribution is -2.46. The predicted molar refractivity (Wildman–Crippen MR) is 148 cm³/mol. The fraction of sp³-hybridized carbons (Fsp3) is 0.500. The standard InChI is InChI=1S/C28H34N6O3S/c1-3-19-14-21(16-30-26(19)29)31-27(35)28(36)34-17-18(2)4-6-23(34)20-5-7-24-22(15-20)32-25(38-24)8-9-33-10-12-37-13-11-33/h14-16,18,23H,3-4,6,8-13,17H2,1-2H3,(H2,29,30)(H,31,35)/t18-,23+/m0/s1. The van der Waals surface area contributed by atoms with Crippen LogP contribution in [0.4, 0.5) is 11.5 Å². The highest BCUT2D eigenvalue weighted by Crippen LogP contribution is 2.34. The molecular formula is C28H34N6O3S. The molecule has 2 aliphatic rings. The number of fused-ring (bicyclic) bond motifs is 1. The van der Waals surface area contributed by atoms with Crippen molar-refractivity contribution in [1.29, 1.82) is 0 Å². The van der Waals surface area contributed by atoms with Crippen LogP contribution in [0.25, 0.3) is 10.2 Å². The Morgan fingerprint density at radius 3 is 2.84 bits per heavy atom. The summed E-state index contributed by atoms with van der Waals surface area (Å²) in [6.07, 6.45) is 4.76. The topological polar surface area (TPSA) is 114 Å². The molecule has 2 amide bonds. The highest BCUT2D eigenvalue weighted by Gasteiger charge is 2.34. The van der Waals surface area contributed by atoms with Gasteiger partial charge in [0.05, 0.1) is 41.7 Å². The summed E-state index contributed by atoms with van der Waals surface area (Å²) in [5, 5.41) is 3.78. The molecule has 0 unspecified atom stereocenters. The van der Waals surface area contributed by atoms with Gasteiger partial charge in [-0.1, -0.05) is 19.9 Å². The van der Waals surface area contributed by atoms with E-state index in [1.807, 2.05) is 13.0 Å². The van der Waals surface area contributed by atoms with Gasteiger partial charge in [-0.2, -0.15) is 0 Å². The van der Waals surface area contributed by atoms with Crippen LogP contribution < -0.4 is 11.1 Å². The zero-order valence-electron chi connectivity index (χ0n) is 22.0. The molecule has 5 rings (SSSR count). The molecule has 38 heavy (non-hydrogen) atoms. The molecule has 0 radical (unpaired) electrons. The number of anilines is 2. The smallest absolute Gasteiger partial charge is 0.313 e. The third-order valence-corrected chi connectivity index (χ3v) is 8.37. The summed E-state index contributed by atoms with van der Waals surface area (Å²) >= 11 is 1.64. The Morgan fingerprint density at radius 1 is 1.24 bits per heavy atom. The molecule has 200 valence electrons. The SMILES string of the molecule is CCc1cc(NC(=O)C(=O)N2C[C@@H](C)CC[C@@H]2c2c#cc3sc(CCN4CCOCC4)nc3c2)cnc1N. The van der Waals surface area contributed by atoms with Crippen molar-refractivity contribution in [3.63, 3.8) is 0 Å². The van der Waals surface area contributed by atoms with E-state index in [0.29, 0.717) is 30.4 Å². The molecule has 3 aromatic rings. The van der Waals surface area contributed by atoms with Gasteiger partial charge in [0.2, 0.25) is 0 Å². The third kappa shape index (κ3) is 5.90. The number of nitrogen functional groups attached to an aromatic ring is 1. The second-order valence-corrected chi connectivity index (χ2v) is 11.2. The first-order valence-corrected chi connectivity index (χ1v) is 14.1. The van der Waals surface area contributed by atoms with E-state index in [4.69, 9.17) is 15.5 Å². The number of aryl methyl sites for hydroxylation is 1. The summed E-state index contributed by atoms with van der Waals surface area (Å²) in [6, 6.07) is 10.1. The normalized spacial score (nSPS) is 20.3. The number of rotatable bonds is 6. The summed E-state index contributed by atoms with van der Waals surface area (Å²) in [4.78, 5) is 39.4. The number of carbonyl (C=O) groups is 2. The molecule has 3 N–H and O–H groups in total. The highest BCUT2D eigenvalue weighted by atomic mass is 32.1. The van der Waals surface area contributed by atoms with Crippen molar-refractivity contribution in [2.45, 2.75) is 45.6 Å². The number of nitrogens with two attached hydrogens (primary N) is 1. The fourth-order valence-electron chi connectivity index (χ4n) is 5.13. The zero-order valence-corrected chi connectivity index (χ0v) is 22.8. The van der Waals surface area contributed by atoms with Gasteiger partial charge in [0.15, 0.2) is 0 Å². The number of hydrogen-bond acceptors (Lipinski definition) is 8. The predicted octanol–water partition coefficient (Wildman–Crippen LogP) is 3.25. The van der Waals surface area contributed by atoms with Crippen LogP contribution in [0.5, 0.6) is 0 Å². The number of thiazole rings is 1. The van der Waals surface area contributed by atoms with Gasteiger partial charge >= 0.3 is 11.8 Å². The van der Waals surface area contributed by atoms with Crippen molar-refractivity contribution in [1.82, 2.24) is 19.8 Å². The monoisotopic (exact) mass is 534 g/mol. The zero-order chi connectivity index (χ0) is 26.6. The van der Waals surface area contributed by atoms with E-state index < -0.39 is 11.8 Å². The molecule has 0 aliphatic carbocycles. The lowest BCUT2D eigenvalue weighted by molar-refractivity contribution is -0.146. The Kier molecular flexibility index (Phi) is 8.07. The second kappa shape index (κ2) is 11.6. The number of aromatic nitrogens is 2. The number of nitrogens with zero attached hydrogens (tertiary/aromatic N) is 4.